The molecule has 1 aromatic carbocycles. The summed E-state index contributed by atoms with van der Waals surface area (Å²) in [6.45, 7) is 9.56. The lowest BCUT2D eigenvalue weighted by Gasteiger charge is -2.12. The van der Waals surface area contributed by atoms with E-state index in [-0.39, 0.29) is 29.9 Å². The molecule has 9 heteroatoms. The Hall–Kier alpha value is -2.14. The SMILES string of the molecule is CCNC(=NCc1c(C)nn(CCOC)c1C)NCCc1cccc(C(=O)NC)c1.I. The number of hydrogen-bond acceptors (Lipinski definition) is 4. The molecule has 0 atom stereocenters. The molecule has 172 valence electrons. The minimum absolute atomic E-state index is 0. The Bertz CT molecular complexity index is 866. The zero-order chi connectivity index (χ0) is 21.9. The second kappa shape index (κ2) is 14.0. The summed E-state index contributed by atoms with van der Waals surface area (Å²) in [5.74, 6) is 0.694. The molecule has 2 aromatic rings. The maximum Gasteiger partial charge on any atom is 0.251 e. The van der Waals surface area contributed by atoms with Crippen LogP contribution in [0.1, 0.15) is 39.8 Å². The van der Waals surface area contributed by atoms with E-state index in [4.69, 9.17) is 9.73 Å². The minimum Gasteiger partial charge on any atom is -0.383 e. The van der Waals surface area contributed by atoms with Gasteiger partial charge in [0.15, 0.2) is 5.96 Å². The first-order valence-corrected chi connectivity index (χ1v) is 10.3. The van der Waals surface area contributed by atoms with Gasteiger partial charge in [0.05, 0.1) is 25.4 Å². The first kappa shape index (κ1) is 26.9. The second-order valence-electron chi connectivity index (χ2n) is 7.02. The van der Waals surface area contributed by atoms with Gasteiger partial charge < -0.3 is 20.7 Å². The predicted molar refractivity (Wildman–Crippen MR) is 135 cm³/mol. The Morgan fingerprint density at radius 1 is 1.26 bits per heavy atom. The monoisotopic (exact) mass is 542 g/mol. The van der Waals surface area contributed by atoms with Crippen LogP contribution in [0.25, 0.3) is 0 Å². The lowest BCUT2D eigenvalue weighted by Crippen LogP contribution is -2.38. The normalized spacial score (nSPS) is 11.1. The van der Waals surface area contributed by atoms with Crippen LogP contribution in [0.5, 0.6) is 0 Å². The van der Waals surface area contributed by atoms with E-state index in [1.54, 1.807) is 14.2 Å². The van der Waals surface area contributed by atoms with Crippen LogP contribution in [0, 0.1) is 13.8 Å². The molecule has 0 bridgehead atoms. The van der Waals surface area contributed by atoms with Crippen molar-refractivity contribution in [3.05, 3.63) is 52.3 Å². The highest BCUT2D eigenvalue weighted by molar-refractivity contribution is 14.0. The first-order chi connectivity index (χ1) is 14.5. The number of halogens is 1. The highest BCUT2D eigenvalue weighted by atomic mass is 127. The molecule has 0 aliphatic rings. The highest BCUT2D eigenvalue weighted by Crippen LogP contribution is 2.14. The maximum absolute atomic E-state index is 11.8. The maximum atomic E-state index is 11.8. The molecular weight excluding hydrogens is 507 g/mol. The number of nitrogens with zero attached hydrogens (tertiary/aromatic N) is 3. The largest absolute Gasteiger partial charge is 0.383 e. The van der Waals surface area contributed by atoms with Crippen LogP contribution in [0.15, 0.2) is 29.3 Å². The fourth-order valence-electron chi connectivity index (χ4n) is 3.20. The molecule has 0 saturated heterocycles. The summed E-state index contributed by atoms with van der Waals surface area (Å²) in [4.78, 5) is 16.5. The van der Waals surface area contributed by atoms with Gasteiger partial charge in [-0.3, -0.25) is 9.48 Å². The van der Waals surface area contributed by atoms with Gasteiger partial charge in [-0.15, -0.1) is 24.0 Å². The molecular formula is C22H35IN6O2. The number of aryl methyl sites for hydroxylation is 1. The lowest BCUT2D eigenvalue weighted by atomic mass is 10.1. The van der Waals surface area contributed by atoms with Gasteiger partial charge in [-0.2, -0.15) is 5.10 Å². The molecule has 0 spiro atoms. The van der Waals surface area contributed by atoms with Gasteiger partial charge in [0.2, 0.25) is 0 Å². The Morgan fingerprint density at radius 3 is 2.71 bits per heavy atom. The van der Waals surface area contributed by atoms with E-state index in [9.17, 15) is 4.79 Å². The topological polar surface area (TPSA) is 92.6 Å². The average Bonchev–Trinajstić information content (AvgIpc) is 3.02. The number of guanidine groups is 1. The Morgan fingerprint density at radius 2 is 2.03 bits per heavy atom. The van der Waals surface area contributed by atoms with E-state index >= 15 is 0 Å². The van der Waals surface area contributed by atoms with Crippen LogP contribution in [0.3, 0.4) is 0 Å². The van der Waals surface area contributed by atoms with Crippen LogP contribution >= 0.6 is 24.0 Å². The van der Waals surface area contributed by atoms with Gasteiger partial charge in [-0.25, -0.2) is 4.99 Å². The summed E-state index contributed by atoms with van der Waals surface area (Å²) in [5, 5.41) is 13.9. The van der Waals surface area contributed by atoms with Gasteiger partial charge in [0.1, 0.15) is 0 Å². The number of methoxy groups -OCH3 is 1. The minimum atomic E-state index is -0.0727. The molecule has 1 amide bonds. The van der Waals surface area contributed by atoms with Gasteiger partial charge in [0.25, 0.3) is 5.91 Å². The van der Waals surface area contributed by atoms with Crippen molar-refractivity contribution in [2.75, 3.05) is 33.9 Å². The van der Waals surface area contributed by atoms with E-state index in [1.165, 1.54) is 0 Å². The molecule has 2 rings (SSSR count). The van der Waals surface area contributed by atoms with Crippen LogP contribution < -0.4 is 16.0 Å². The molecule has 31 heavy (non-hydrogen) atoms. The van der Waals surface area contributed by atoms with Crippen molar-refractivity contribution in [1.82, 2.24) is 25.7 Å². The van der Waals surface area contributed by atoms with E-state index in [0.717, 1.165) is 48.0 Å². The van der Waals surface area contributed by atoms with Crippen LogP contribution in [-0.2, 0) is 24.2 Å². The number of hydrogen-bond donors (Lipinski definition) is 3. The molecule has 3 N–H and O–H groups in total. The predicted octanol–water partition coefficient (Wildman–Crippen LogP) is 2.42. The molecule has 0 unspecified atom stereocenters. The smallest absolute Gasteiger partial charge is 0.251 e. The molecule has 0 saturated carbocycles. The van der Waals surface area contributed by atoms with Gasteiger partial charge in [0, 0.05) is 44.1 Å². The molecule has 1 heterocycles. The first-order valence-electron chi connectivity index (χ1n) is 10.3. The van der Waals surface area contributed by atoms with Crippen molar-refractivity contribution in [3.8, 4) is 0 Å². The van der Waals surface area contributed by atoms with Crippen molar-refractivity contribution < 1.29 is 9.53 Å². The third-order valence-corrected chi connectivity index (χ3v) is 4.90. The number of carbonyl (C=O) groups is 1. The van der Waals surface area contributed by atoms with Crippen molar-refractivity contribution in [1.29, 1.82) is 0 Å². The number of aliphatic imine (C=N–C) groups is 1. The summed E-state index contributed by atoms with van der Waals surface area (Å²) in [5.41, 5.74) is 5.03. The van der Waals surface area contributed by atoms with Crippen molar-refractivity contribution in [2.24, 2.45) is 4.99 Å². The number of amides is 1. The third kappa shape index (κ3) is 8.13. The molecule has 0 radical (unpaired) electrons. The van der Waals surface area contributed by atoms with E-state index in [1.807, 2.05) is 42.8 Å². The second-order valence-corrected chi connectivity index (χ2v) is 7.02. The van der Waals surface area contributed by atoms with Gasteiger partial charge in [-0.1, -0.05) is 12.1 Å². The highest BCUT2D eigenvalue weighted by Gasteiger charge is 2.11. The van der Waals surface area contributed by atoms with E-state index < -0.39 is 0 Å². The zero-order valence-corrected chi connectivity index (χ0v) is 21.4. The number of benzene rings is 1. The van der Waals surface area contributed by atoms with E-state index in [0.29, 0.717) is 25.3 Å². The van der Waals surface area contributed by atoms with Gasteiger partial charge >= 0.3 is 0 Å². The summed E-state index contributed by atoms with van der Waals surface area (Å²) in [6.07, 6.45) is 0.794. The standard InChI is InChI=1S/C22H34N6O2.HI/c1-6-24-22(25-11-10-18-8-7-9-19(14-18)21(29)23-4)26-15-20-16(2)27-28(17(20)3)12-13-30-5;/h7-9,14H,6,10-13,15H2,1-5H3,(H,23,29)(H2,24,25,26);1H. The number of carbonyl (C=O) groups excluding carboxylic acids is 1. The summed E-state index contributed by atoms with van der Waals surface area (Å²) < 4.78 is 7.13. The van der Waals surface area contributed by atoms with Crippen LogP contribution in [-0.4, -0.2) is 55.5 Å². The Kier molecular flexibility index (Phi) is 12.2. The lowest BCUT2D eigenvalue weighted by molar-refractivity contribution is 0.0963. The quantitative estimate of drug-likeness (QED) is 0.244. The summed E-state index contributed by atoms with van der Waals surface area (Å²) in [7, 11) is 3.33. The van der Waals surface area contributed by atoms with E-state index in [2.05, 4.69) is 28.0 Å². The third-order valence-electron chi connectivity index (χ3n) is 4.90. The van der Waals surface area contributed by atoms with Crippen molar-refractivity contribution in [2.45, 2.75) is 40.3 Å². The Labute approximate surface area is 202 Å². The molecule has 8 nitrogen and oxygen atoms in total. The van der Waals surface area contributed by atoms with Crippen molar-refractivity contribution in [3.63, 3.8) is 0 Å². The van der Waals surface area contributed by atoms with Gasteiger partial charge in [-0.05, 0) is 44.9 Å². The Balaban J connectivity index is 0.00000480. The number of aromatic nitrogens is 2. The fourth-order valence-corrected chi connectivity index (χ4v) is 3.20. The molecule has 0 aliphatic heterocycles. The number of nitrogens with one attached hydrogen (secondary N) is 3. The number of rotatable bonds is 10. The van der Waals surface area contributed by atoms with Crippen LogP contribution in [0.4, 0.5) is 0 Å². The number of ether oxygens (including phenoxy) is 1. The molecule has 1 aromatic heterocycles. The van der Waals surface area contributed by atoms with Crippen molar-refractivity contribution >= 4 is 35.8 Å². The zero-order valence-electron chi connectivity index (χ0n) is 19.1. The average molecular weight is 542 g/mol. The summed E-state index contributed by atoms with van der Waals surface area (Å²) in [6, 6.07) is 7.68. The molecule has 0 aliphatic carbocycles. The molecule has 0 fully saturated rings. The van der Waals surface area contributed by atoms with Crippen LogP contribution in [0.2, 0.25) is 0 Å². The fraction of sp³-hybridized carbons (Fsp3) is 0.500. The summed E-state index contributed by atoms with van der Waals surface area (Å²) >= 11 is 0.